The molecule has 1 atom stereocenters. The second-order valence-corrected chi connectivity index (χ2v) is 6.27. The van der Waals surface area contributed by atoms with E-state index in [1.165, 1.54) is 5.56 Å². The van der Waals surface area contributed by atoms with Crippen LogP contribution in [0.3, 0.4) is 0 Å². The molecule has 0 fully saturated rings. The highest BCUT2D eigenvalue weighted by Crippen LogP contribution is 2.41. The summed E-state index contributed by atoms with van der Waals surface area (Å²) in [6.45, 7) is 0. The van der Waals surface area contributed by atoms with E-state index in [9.17, 15) is 5.11 Å². The van der Waals surface area contributed by atoms with Crippen molar-refractivity contribution in [3.05, 3.63) is 63.6 Å². The van der Waals surface area contributed by atoms with Crippen LogP contribution in [0.25, 0.3) is 0 Å². The average Bonchev–Trinajstić information content (AvgIpc) is 2.78. The van der Waals surface area contributed by atoms with Crippen molar-refractivity contribution in [2.45, 2.75) is 24.9 Å². The third-order valence-corrected chi connectivity index (χ3v) is 4.56. The lowest BCUT2D eigenvalue weighted by Crippen LogP contribution is -2.25. The summed E-state index contributed by atoms with van der Waals surface area (Å²) in [4.78, 5) is 0. The molecule has 0 bridgehead atoms. The zero-order valence-corrected chi connectivity index (χ0v) is 13.0. The maximum absolute atomic E-state index is 11.0. The summed E-state index contributed by atoms with van der Waals surface area (Å²) < 4.78 is 6.34. The van der Waals surface area contributed by atoms with Gasteiger partial charge in [0.15, 0.2) is 0 Å². The van der Waals surface area contributed by atoms with Gasteiger partial charge >= 0.3 is 0 Å². The van der Waals surface area contributed by atoms with Crippen LogP contribution >= 0.6 is 15.9 Å². The first kappa shape index (κ1) is 13.7. The number of hydrogen-bond acceptors (Lipinski definition) is 2. The molecular formula is C17H17BrO2. The van der Waals surface area contributed by atoms with Crippen LogP contribution in [0.5, 0.6) is 5.75 Å². The number of benzene rings is 2. The lowest BCUT2D eigenvalue weighted by atomic mass is 9.88. The van der Waals surface area contributed by atoms with E-state index in [2.05, 4.69) is 34.1 Å². The average molecular weight is 333 g/mol. The molecule has 1 aliphatic carbocycles. The normalized spacial score (nSPS) is 20.8. The van der Waals surface area contributed by atoms with Crippen molar-refractivity contribution >= 4 is 15.9 Å². The summed E-state index contributed by atoms with van der Waals surface area (Å²) in [7, 11) is 1.66. The van der Waals surface area contributed by atoms with Crippen LogP contribution in [-0.2, 0) is 18.4 Å². The number of halogens is 1. The van der Waals surface area contributed by atoms with Crippen LogP contribution in [0.15, 0.2) is 46.9 Å². The maximum atomic E-state index is 11.0. The SMILES string of the molecule is COc1ccc2c(c1)C(O)(Cc1ccc(Br)cc1)CC2. The van der Waals surface area contributed by atoms with E-state index in [1.807, 2.05) is 24.3 Å². The number of ether oxygens (including phenoxy) is 1. The largest absolute Gasteiger partial charge is 0.497 e. The van der Waals surface area contributed by atoms with Crippen LogP contribution in [0.2, 0.25) is 0 Å². The van der Waals surface area contributed by atoms with E-state index in [0.29, 0.717) is 6.42 Å². The van der Waals surface area contributed by atoms with Crippen molar-refractivity contribution in [3.8, 4) is 5.75 Å². The summed E-state index contributed by atoms with van der Waals surface area (Å²) in [6, 6.07) is 14.1. The van der Waals surface area contributed by atoms with Gasteiger partial charge in [-0.15, -0.1) is 0 Å². The van der Waals surface area contributed by atoms with Gasteiger partial charge in [0.05, 0.1) is 12.7 Å². The van der Waals surface area contributed by atoms with Crippen molar-refractivity contribution in [2.24, 2.45) is 0 Å². The Labute approximate surface area is 127 Å². The molecule has 3 rings (SSSR count). The molecular weight excluding hydrogens is 316 g/mol. The smallest absolute Gasteiger partial charge is 0.119 e. The van der Waals surface area contributed by atoms with E-state index in [-0.39, 0.29) is 0 Å². The summed E-state index contributed by atoms with van der Waals surface area (Å²) in [5, 5.41) is 11.0. The number of fused-ring (bicyclic) bond motifs is 1. The second kappa shape index (κ2) is 5.23. The fourth-order valence-corrected chi connectivity index (χ4v) is 3.20. The van der Waals surface area contributed by atoms with Gasteiger partial charge in [0.25, 0.3) is 0 Å². The molecule has 20 heavy (non-hydrogen) atoms. The molecule has 0 aromatic heterocycles. The third kappa shape index (κ3) is 2.48. The molecule has 0 saturated heterocycles. The van der Waals surface area contributed by atoms with Gasteiger partial charge in [-0.3, -0.25) is 0 Å². The fourth-order valence-electron chi connectivity index (χ4n) is 2.93. The Balaban J connectivity index is 1.93. The topological polar surface area (TPSA) is 29.5 Å². The van der Waals surface area contributed by atoms with Crippen molar-refractivity contribution in [3.63, 3.8) is 0 Å². The standard InChI is InChI=1S/C17H17BrO2/c1-20-15-7-4-13-8-9-17(19,16(13)10-15)11-12-2-5-14(18)6-3-12/h2-7,10,19H,8-9,11H2,1H3. The highest BCUT2D eigenvalue weighted by molar-refractivity contribution is 9.10. The summed E-state index contributed by atoms with van der Waals surface area (Å²) in [6.07, 6.45) is 2.33. The predicted molar refractivity (Wildman–Crippen MR) is 83.1 cm³/mol. The first-order chi connectivity index (χ1) is 9.60. The monoisotopic (exact) mass is 332 g/mol. The molecule has 1 N–H and O–H groups in total. The number of aliphatic hydroxyl groups is 1. The van der Waals surface area contributed by atoms with Crippen LogP contribution < -0.4 is 4.74 Å². The highest BCUT2D eigenvalue weighted by atomic mass is 79.9. The molecule has 0 saturated carbocycles. The zero-order chi connectivity index (χ0) is 14.2. The predicted octanol–water partition coefficient (Wildman–Crippen LogP) is 3.83. The number of hydrogen-bond donors (Lipinski definition) is 1. The van der Waals surface area contributed by atoms with Gasteiger partial charge in [0, 0.05) is 10.9 Å². The van der Waals surface area contributed by atoms with E-state index in [1.54, 1.807) is 7.11 Å². The molecule has 2 aromatic carbocycles. The van der Waals surface area contributed by atoms with Gasteiger partial charge < -0.3 is 9.84 Å². The Morgan fingerprint density at radius 3 is 2.65 bits per heavy atom. The molecule has 3 heteroatoms. The minimum absolute atomic E-state index is 0.639. The molecule has 0 heterocycles. The molecule has 0 aliphatic heterocycles. The van der Waals surface area contributed by atoms with E-state index < -0.39 is 5.60 Å². The van der Waals surface area contributed by atoms with Gasteiger partial charge in [-0.25, -0.2) is 0 Å². The first-order valence-corrected chi connectivity index (χ1v) is 7.54. The van der Waals surface area contributed by atoms with Crippen LogP contribution in [0.1, 0.15) is 23.1 Å². The fraction of sp³-hybridized carbons (Fsp3) is 0.294. The Morgan fingerprint density at radius 2 is 1.95 bits per heavy atom. The Kier molecular flexibility index (Phi) is 3.57. The Hall–Kier alpha value is -1.32. The molecule has 2 aromatic rings. The number of rotatable bonds is 3. The molecule has 0 radical (unpaired) electrons. The molecule has 1 aliphatic rings. The first-order valence-electron chi connectivity index (χ1n) is 6.75. The van der Waals surface area contributed by atoms with Crippen molar-refractivity contribution in [1.29, 1.82) is 0 Å². The van der Waals surface area contributed by atoms with Crippen LogP contribution in [0.4, 0.5) is 0 Å². The lowest BCUT2D eigenvalue weighted by molar-refractivity contribution is 0.0388. The minimum atomic E-state index is -0.780. The quantitative estimate of drug-likeness (QED) is 0.925. The van der Waals surface area contributed by atoms with E-state index in [0.717, 1.165) is 34.2 Å². The summed E-state index contributed by atoms with van der Waals surface area (Å²) in [5.41, 5.74) is 2.61. The lowest BCUT2D eigenvalue weighted by Gasteiger charge is -2.24. The van der Waals surface area contributed by atoms with Crippen LogP contribution in [0, 0.1) is 0 Å². The maximum Gasteiger partial charge on any atom is 0.119 e. The van der Waals surface area contributed by atoms with Gasteiger partial charge in [0.1, 0.15) is 5.75 Å². The Morgan fingerprint density at radius 1 is 1.20 bits per heavy atom. The second-order valence-electron chi connectivity index (χ2n) is 5.36. The van der Waals surface area contributed by atoms with E-state index in [4.69, 9.17) is 4.74 Å². The molecule has 104 valence electrons. The van der Waals surface area contributed by atoms with Crippen molar-refractivity contribution in [2.75, 3.05) is 7.11 Å². The van der Waals surface area contributed by atoms with Gasteiger partial charge in [-0.1, -0.05) is 34.1 Å². The number of aryl methyl sites for hydroxylation is 1. The molecule has 0 spiro atoms. The third-order valence-electron chi connectivity index (χ3n) is 4.04. The van der Waals surface area contributed by atoms with Gasteiger partial charge in [-0.05, 0) is 53.8 Å². The Bertz CT molecular complexity index is 621. The molecule has 1 unspecified atom stereocenters. The minimum Gasteiger partial charge on any atom is -0.497 e. The van der Waals surface area contributed by atoms with Crippen molar-refractivity contribution < 1.29 is 9.84 Å². The summed E-state index contributed by atoms with van der Waals surface area (Å²) >= 11 is 3.44. The highest BCUT2D eigenvalue weighted by Gasteiger charge is 2.36. The van der Waals surface area contributed by atoms with Crippen LogP contribution in [-0.4, -0.2) is 12.2 Å². The zero-order valence-electron chi connectivity index (χ0n) is 11.4. The molecule has 0 amide bonds. The van der Waals surface area contributed by atoms with Gasteiger partial charge in [-0.2, -0.15) is 0 Å². The molecule has 2 nitrogen and oxygen atoms in total. The summed E-state index contributed by atoms with van der Waals surface area (Å²) in [5.74, 6) is 0.805. The van der Waals surface area contributed by atoms with Gasteiger partial charge in [0.2, 0.25) is 0 Å². The van der Waals surface area contributed by atoms with Crippen molar-refractivity contribution in [1.82, 2.24) is 0 Å². The van der Waals surface area contributed by atoms with E-state index >= 15 is 0 Å². The number of methoxy groups -OCH3 is 1.